The molecule has 3 nitrogen and oxygen atoms in total. The van der Waals surface area contributed by atoms with Crippen LogP contribution in [0.2, 0.25) is 0 Å². The van der Waals surface area contributed by atoms with Gasteiger partial charge in [0.1, 0.15) is 0 Å². The van der Waals surface area contributed by atoms with E-state index in [-0.39, 0.29) is 11.7 Å². The number of hydrogen-bond acceptors (Lipinski definition) is 3. The quantitative estimate of drug-likeness (QED) is 0.638. The molecular weight excluding hydrogens is 152 g/mol. The Morgan fingerprint density at radius 3 is 2.00 bits per heavy atom. The van der Waals surface area contributed by atoms with Gasteiger partial charge in [-0.05, 0) is 20.8 Å². The van der Waals surface area contributed by atoms with E-state index in [0.29, 0.717) is 6.61 Å². The van der Waals surface area contributed by atoms with E-state index in [1.807, 2.05) is 13.8 Å². The highest BCUT2D eigenvalue weighted by Crippen LogP contribution is 1.98. The fourth-order valence-corrected chi connectivity index (χ4v) is 0.777. The Labute approximate surface area is 76.7 Å². The van der Waals surface area contributed by atoms with Crippen molar-refractivity contribution in [3.63, 3.8) is 0 Å². The first kappa shape index (κ1) is 14.4. The first-order valence-corrected chi connectivity index (χ1v) is 4.48. The third-order valence-corrected chi connectivity index (χ3v) is 0.965. The summed E-state index contributed by atoms with van der Waals surface area (Å²) in [7, 11) is 1.64. The van der Waals surface area contributed by atoms with Gasteiger partial charge in [-0.2, -0.15) is 0 Å². The van der Waals surface area contributed by atoms with Gasteiger partial charge >= 0.3 is 0 Å². The van der Waals surface area contributed by atoms with Crippen molar-refractivity contribution in [1.29, 1.82) is 0 Å². The standard InChI is InChI=1S/C7H18N2O.C2H6/c1-7(2,3)9-6(8)5-10-4;1-2/h6,9H,5,8H2,1-4H3;1-2H3. The number of rotatable bonds is 3. The van der Waals surface area contributed by atoms with E-state index in [1.165, 1.54) is 0 Å². The van der Waals surface area contributed by atoms with Gasteiger partial charge in [-0.25, -0.2) is 0 Å². The lowest BCUT2D eigenvalue weighted by molar-refractivity contribution is 0.155. The third-order valence-electron chi connectivity index (χ3n) is 0.965. The SMILES string of the molecule is CC.COCC(N)NC(C)(C)C. The highest BCUT2D eigenvalue weighted by Gasteiger charge is 2.12. The maximum absolute atomic E-state index is 5.63. The summed E-state index contributed by atoms with van der Waals surface area (Å²) in [5.41, 5.74) is 5.70. The van der Waals surface area contributed by atoms with E-state index < -0.39 is 0 Å². The lowest BCUT2D eigenvalue weighted by atomic mass is 10.1. The summed E-state index contributed by atoms with van der Waals surface area (Å²) in [4.78, 5) is 0. The van der Waals surface area contributed by atoms with E-state index in [1.54, 1.807) is 7.11 Å². The largest absolute Gasteiger partial charge is 0.382 e. The maximum atomic E-state index is 5.63. The summed E-state index contributed by atoms with van der Waals surface area (Å²) in [6.07, 6.45) is -0.0648. The summed E-state index contributed by atoms with van der Waals surface area (Å²) in [6, 6.07) is 0. The summed E-state index contributed by atoms with van der Waals surface area (Å²) in [6.45, 7) is 10.8. The van der Waals surface area contributed by atoms with Crippen LogP contribution in [0.5, 0.6) is 0 Å². The number of nitrogens with one attached hydrogen (secondary N) is 1. The van der Waals surface area contributed by atoms with Gasteiger partial charge in [0.25, 0.3) is 0 Å². The summed E-state index contributed by atoms with van der Waals surface area (Å²) < 4.78 is 4.86. The van der Waals surface area contributed by atoms with Crippen LogP contribution in [0.3, 0.4) is 0 Å². The van der Waals surface area contributed by atoms with Gasteiger partial charge in [0.2, 0.25) is 0 Å². The van der Waals surface area contributed by atoms with Crippen molar-refractivity contribution < 1.29 is 4.74 Å². The van der Waals surface area contributed by atoms with Crippen LogP contribution < -0.4 is 11.1 Å². The molecule has 12 heavy (non-hydrogen) atoms. The normalized spacial score (nSPS) is 13.2. The molecule has 0 radical (unpaired) electrons. The molecule has 0 aliphatic heterocycles. The molecule has 0 aliphatic carbocycles. The van der Waals surface area contributed by atoms with E-state index in [0.717, 1.165) is 0 Å². The van der Waals surface area contributed by atoms with Crippen LogP contribution in [0.4, 0.5) is 0 Å². The monoisotopic (exact) mass is 176 g/mol. The highest BCUT2D eigenvalue weighted by atomic mass is 16.5. The second-order valence-corrected chi connectivity index (χ2v) is 3.46. The number of ether oxygens (including phenoxy) is 1. The minimum Gasteiger partial charge on any atom is -0.382 e. The second kappa shape index (κ2) is 7.53. The molecule has 3 heteroatoms. The van der Waals surface area contributed by atoms with E-state index in [2.05, 4.69) is 26.1 Å². The van der Waals surface area contributed by atoms with Crippen molar-refractivity contribution in [3.05, 3.63) is 0 Å². The molecular formula is C9H24N2O. The van der Waals surface area contributed by atoms with Gasteiger partial charge < -0.3 is 10.5 Å². The van der Waals surface area contributed by atoms with Gasteiger partial charge in [-0.1, -0.05) is 13.8 Å². The molecule has 0 saturated carbocycles. The zero-order valence-electron chi connectivity index (χ0n) is 9.27. The summed E-state index contributed by atoms with van der Waals surface area (Å²) in [5, 5.41) is 3.17. The van der Waals surface area contributed by atoms with Gasteiger partial charge in [-0.3, -0.25) is 5.32 Å². The number of nitrogens with two attached hydrogens (primary N) is 1. The topological polar surface area (TPSA) is 47.3 Å². The third kappa shape index (κ3) is 12.5. The molecule has 0 saturated heterocycles. The second-order valence-electron chi connectivity index (χ2n) is 3.46. The Morgan fingerprint density at radius 1 is 1.33 bits per heavy atom. The Morgan fingerprint density at radius 2 is 1.75 bits per heavy atom. The maximum Gasteiger partial charge on any atom is 0.0791 e. The minimum atomic E-state index is -0.0648. The smallest absolute Gasteiger partial charge is 0.0791 e. The Kier molecular flexibility index (Phi) is 9.03. The molecule has 0 bridgehead atoms. The van der Waals surface area contributed by atoms with E-state index >= 15 is 0 Å². The predicted molar refractivity (Wildman–Crippen MR) is 54.1 cm³/mol. The predicted octanol–water partition coefficient (Wildman–Crippen LogP) is 1.33. The highest BCUT2D eigenvalue weighted by molar-refractivity contribution is 4.73. The fraction of sp³-hybridized carbons (Fsp3) is 1.00. The minimum absolute atomic E-state index is 0.0648. The van der Waals surface area contributed by atoms with Crippen molar-refractivity contribution >= 4 is 0 Å². The van der Waals surface area contributed by atoms with Gasteiger partial charge in [0, 0.05) is 12.6 Å². The molecule has 0 aliphatic rings. The average molecular weight is 176 g/mol. The molecule has 0 aromatic carbocycles. The molecule has 0 amide bonds. The summed E-state index contributed by atoms with van der Waals surface area (Å²) >= 11 is 0. The zero-order chi connectivity index (χ0) is 10.2. The van der Waals surface area contributed by atoms with Gasteiger partial charge in [0.15, 0.2) is 0 Å². The number of methoxy groups -OCH3 is 1. The van der Waals surface area contributed by atoms with Crippen molar-refractivity contribution in [2.75, 3.05) is 13.7 Å². The van der Waals surface area contributed by atoms with Crippen molar-refractivity contribution in [2.24, 2.45) is 5.73 Å². The molecule has 0 rings (SSSR count). The lowest BCUT2D eigenvalue weighted by Gasteiger charge is -2.25. The van der Waals surface area contributed by atoms with Gasteiger partial charge in [0.05, 0.1) is 12.8 Å². The van der Waals surface area contributed by atoms with Crippen molar-refractivity contribution in [1.82, 2.24) is 5.32 Å². The first-order chi connectivity index (χ1) is 5.45. The van der Waals surface area contributed by atoms with Crippen molar-refractivity contribution in [3.8, 4) is 0 Å². The van der Waals surface area contributed by atoms with Crippen LogP contribution in [0.15, 0.2) is 0 Å². The number of hydrogen-bond donors (Lipinski definition) is 2. The van der Waals surface area contributed by atoms with Gasteiger partial charge in [-0.15, -0.1) is 0 Å². The van der Waals surface area contributed by atoms with Crippen LogP contribution in [0.1, 0.15) is 34.6 Å². The molecule has 0 heterocycles. The first-order valence-electron chi connectivity index (χ1n) is 4.48. The molecule has 1 unspecified atom stereocenters. The van der Waals surface area contributed by atoms with E-state index in [9.17, 15) is 0 Å². The van der Waals surface area contributed by atoms with Crippen LogP contribution in [-0.4, -0.2) is 25.4 Å². The molecule has 0 spiro atoms. The molecule has 0 aromatic heterocycles. The van der Waals surface area contributed by atoms with Crippen LogP contribution >= 0.6 is 0 Å². The van der Waals surface area contributed by atoms with E-state index in [4.69, 9.17) is 10.5 Å². The van der Waals surface area contributed by atoms with Crippen LogP contribution in [0.25, 0.3) is 0 Å². The van der Waals surface area contributed by atoms with Crippen LogP contribution in [-0.2, 0) is 4.74 Å². The molecule has 3 N–H and O–H groups in total. The van der Waals surface area contributed by atoms with Crippen LogP contribution in [0, 0.1) is 0 Å². The molecule has 76 valence electrons. The zero-order valence-corrected chi connectivity index (χ0v) is 9.27. The Bertz CT molecular complexity index is 89.0. The van der Waals surface area contributed by atoms with Crippen molar-refractivity contribution in [2.45, 2.75) is 46.3 Å². The average Bonchev–Trinajstić information content (AvgIpc) is 1.88. The molecule has 0 aromatic rings. The Balaban J connectivity index is 0. The Hall–Kier alpha value is -0.120. The lowest BCUT2D eigenvalue weighted by Crippen LogP contribution is -2.50. The molecule has 1 atom stereocenters. The fourth-order valence-electron chi connectivity index (χ4n) is 0.777. The molecule has 0 fully saturated rings. The summed E-state index contributed by atoms with van der Waals surface area (Å²) in [5.74, 6) is 0.